The Morgan fingerprint density at radius 1 is 1.04 bits per heavy atom. The highest BCUT2D eigenvalue weighted by atomic mass is 35.5. The van der Waals surface area contributed by atoms with Crippen LogP contribution < -0.4 is 5.43 Å². The first-order chi connectivity index (χ1) is 11.3. The molecular weight excluding hydrogens is 324 g/mol. The summed E-state index contributed by atoms with van der Waals surface area (Å²) in [4.78, 5) is 24.9. The summed E-state index contributed by atoms with van der Waals surface area (Å²) in [6.45, 7) is 7.89. The van der Waals surface area contributed by atoms with Gasteiger partial charge in [0.25, 0.3) is 5.91 Å². The number of carbonyl (C=O) groups is 2. The standard InChI is InChI=1S/C19H29ClN2O2/c1-5-6-7-8-9-10-17(23)22(19(2,3)4)21-18(24)15-11-13-16(20)14-12-15/h11-14H,5-10H2,1-4H3,(H,21,24). The van der Waals surface area contributed by atoms with Crippen molar-refractivity contribution in [1.82, 2.24) is 10.4 Å². The van der Waals surface area contributed by atoms with E-state index in [9.17, 15) is 9.59 Å². The summed E-state index contributed by atoms with van der Waals surface area (Å²) in [7, 11) is 0. The van der Waals surface area contributed by atoms with Crippen molar-refractivity contribution in [3.63, 3.8) is 0 Å². The van der Waals surface area contributed by atoms with Gasteiger partial charge >= 0.3 is 0 Å². The van der Waals surface area contributed by atoms with Crippen molar-refractivity contribution in [3.05, 3.63) is 34.9 Å². The topological polar surface area (TPSA) is 49.4 Å². The molecule has 0 saturated carbocycles. The first-order valence-corrected chi connectivity index (χ1v) is 9.03. The maximum atomic E-state index is 12.5. The Kier molecular flexibility index (Phi) is 8.26. The van der Waals surface area contributed by atoms with E-state index >= 15 is 0 Å². The molecule has 0 aromatic heterocycles. The summed E-state index contributed by atoms with van der Waals surface area (Å²) in [5, 5.41) is 2.02. The summed E-state index contributed by atoms with van der Waals surface area (Å²) in [5.41, 5.74) is 2.74. The van der Waals surface area contributed by atoms with E-state index in [0.717, 1.165) is 19.3 Å². The lowest BCUT2D eigenvalue weighted by molar-refractivity contribution is -0.139. The van der Waals surface area contributed by atoms with E-state index in [1.807, 2.05) is 20.8 Å². The van der Waals surface area contributed by atoms with Crippen LogP contribution in [0.25, 0.3) is 0 Å². The van der Waals surface area contributed by atoms with Gasteiger partial charge in [0.05, 0.1) is 5.54 Å². The molecule has 1 aromatic carbocycles. The monoisotopic (exact) mass is 352 g/mol. The van der Waals surface area contributed by atoms with Gasteiger partial charge in [-0.15, -0.1) is 0 Å². The molecule has 0 unspecified atom stereocenters. The van der Waals surface area contributed by atoms with Gasteiger partial charge in [0, 0.05) is 17.0 Å². The Hall–Kier alpha value is -1.55. The third kappa shape index (κ3) is 6.91. The van der Waals surface area contributed by atoms with Crippen molar-refractivity contribution >= 4 is 23.4 Å². The van der Waals surface area contributed by atoms with Gasteiger partial charge in [0.2, 0.25) is 5.91 Å². The Balaban J connectivity index is 2.66. The van der Waals surface area contributed by atoms with E-state index in [1.54, 1.807) is 24.3 Å². The number of nitrogens with one attached hydrogen (secondary N) is 1. The third-order valence-electron chi connectivity index (χ3n) is 3.73. The number of benzene rings is 1. The first kappa shape index (κ1) is 20.5. The molecule has 1 rings (SSSR count). The third-order valence-corrected chi connectivity index (χ3v) is 3.99. The van der Waals surface area contributed by atoms with Gasteiger partial charge in [-0.1, -0.05) is 44.2 Å². The largest absolute Gasteiger partial charge is 0.273 e. The number of hydrogen-bond acceptors (Lipinski definition) is 2. The molecule has 0 heterocycles. The molecule has 0 aliphatic rings. The molecule has 0 spiro atoms. The fourth-order valence-electron chi connectivity index (χ4n) is 2.36. The average molecular weight is 353 g/mol. The fourth-order valence-corrected chi connectivity index (χ4v) is 2.49. The van der Waals surface area contributed by atoms with E-state index in [2.05, 4.69) is 12.3 Å². The lowest BCUT2D eigenvalue weighted by Gasteiger charge is -2.35. The zero-order chi connectivity index (χ0) is 18.2. The second-order valence-electron chi connectivity index (χ2n) is 7.01. The molecular formula is C19H29ClN2O2. The minimum atomic E-state index is -0.484. The number of unbranched alkanes of at least 4 members (excludes halogenated alkanes) is 4. The number of hydrogen-bond donors (Lipinski definition) is 1. The number of carbonyl (C=O) groups excluding carboxylic acids is 2. The Bertz CT molecular complexity index is 535. The van der Waals surface area contributed by atoms with Gasteiger partial charge in [-0.05, 0) is 51.5 Å². The average Bonchev–Trinajstić information content (AvgIpc) is 2.51. The molecule has 24 heavy (non-hydrogen) atoms. The molecule has 0 aliphatic heterocycles. The summed E-state index contributed by atoms with van der Waals surface area (Å²) in [6, 6.07) is 6.61. The second kappa shape index (κ2) is 9.67. The first-order valence-electron chi connectivity index (χ1n) is 8.65. The quantitative estimate of drug-likeness (QED) is 0.556. The van der Waals surface area contributed by atoms with Crippen LogP contribution in [0, 0.1) is 0 Å². The highest BCUT2D eigenvalue weighted by molar-refractivity contribution is 6.30. The van der Waals surface area contributed by atoms with Gasteiger partial charge in [-0.25, -0.2) is 5.01 Å². The van der Waals surface area contributed by atoms with E-state index in [0.29, 0.717) is 17.0 Å². The lowest BCUT2D eigenvalue weighted by atomic mass is 10.1. The normalized spacial score (nSPS) is 11.2. The van der Waals surface area contributed by atoms with Crippen molar-refractivity contribution in [2.75, 3.05) is 0 Å². The van der Waals surface area contributed by atoms with Gasteiger partial charge in [-0.2, -0.15) is 0 Å². The molecule has 134 valence electrons. The minimum absolute atomic E-state index is 0.0543. The second-order valence-corrected chi connectivity index (χ2v) is 7.45. The van der Waals surface area contributed by atoms with Crippen LogP contribution in [0.3, 0.4) is 0 Å². The summed E-state index contributed by atoms with van der Waals surface area (Å²) < 4.78 is 0. The van der Waals surface area contributed by atoms with E-state index < -0.39 is 5.54 Å². The van der Waals surface area contributed by atoms with Crippen LogP contribution >= 0.6 is 11.6 Å². The summed E-state index contributed by atoms with van der Waals surface area (Å²) in [6.07, 6.45) is 5.87. The van der Waals surface area contributed by atoms with Crippen LogP contribution in [0.15, 0.2) is 24.3 Å². The molecule has 5 heteroatoms. The van der Waals surface area contributed by atoms with E-state index in [-0.39, 0.29) is 11.8 Å². The van der Waals surface area contributed by atoms with Crippen LogP contribution in [-0.2, 0) is 4.79 Å². The number of rotatable bonds is 7. The number of halogens is 1. The van der Waals surface area contributed by atoms with Gasteiger partial charge < -0.3 is 0 Å². The highest BCUT2D eigenvalue weighted by Crippen LogP contribution is 2.16. The molecule has 0 atom stereocenters. The predicted molar refractivity (Wildman–Crippen MR) is 98.9 cm³/mol. The van der Waals surface area contributed by atoms with Gasteiger partial charge in [0.15, 0.2) is 0 Å². The maximum absolute atomic E-state index is 12.5. The van der Waals surface area contributed by atoms with Crippen molar-refractivity contribution in [2.45, 2.75) is 71.8 Å². The smallest absolute Gasteiger partial charge is 0.269 e. The maximum Gasteiger partial charge on any atom is 0.269 e. The van der Waals surface area contributed by atoms with Crippen LogP contribution in [0.4, 0.5) is 0 Å². The molecule has 0 radical (unpaired) electrons. The number of amides is 2. The molecule has 1 aromatic rings. The van der Waals surface area contributed by atoms with Crippen molar-refractivity contribution in [2.24, 2.45) is 0 Å². The van der Waals surface area contributed by atoms with Crippen LogP contribution in [0.1, 0.15) is 76.6 Å². The van der Waals surface area contributed by atoms with Crippen LogP contribution in [0.5, 0.6) is 0 Å². The summed E-state index contributed by atoms with van der Waals surface area (Å²) >= 11 is 5.84. The van der Waals surface area contributed by atoms with Gasteiger partial charge in [-0.3, -0.25) is 15.0 Å². The molecule has 4 nitrogen and oxygen atoms in total. The molecule has 2 amide bonds. The molecule has 0 bridgehead atoms. The number of nitrogens with zero attached hydrogens (tertiary/aromatic N) is 1. The van der Waals surface area contributed by atoms with Crippen LogP contribution in [-0.4, -0.2) is 22.4 Å². The zero-order valence-corrected chi connectivity index (χ0v) is 15.9. The van der Waals surface area contributed by atoms with E-state index in [4.69, 9.17) is 11.6 Å². The SMILES string of the molecule is CCCCCCCC(=O)N(NC(=O)c1ccc(Cl)cc1)C(C)(C)C. The Morgan fingerprint density at radius 2 is 1.62 bits per heavy atom. The van der Waals surface area contributed by atoms with E-state index in [1.165, 1.54) is 17.9 Å². The van der Waals surface area contributed by atoms with Gasteiger partial charge in [0.1, 0.15) is 0 Å². The predicted octanol–water partition coefficient (Wildman–Crippen LogP) is 4.97. The molecule has 1 N–H and O–H groups in total. The van der Waals surface area contributed by atoms with Crippen molar-refractivity contribution < 1.29 is 9.59 Å². The molecule has 0 saturated heterocycles. The van der Waals surface area contributed by atoms with Crippen molar-refractivity contribution in [1.29, 1.82) is 0 Å². The number of hydrazine groups is 1. The molecule has 0 aliphatic carbocycles. The summed E-state index contributed by atoms with van der Waals surface area (Å²) in [5.74, 6) is -0.359. The minimum Gasteiger partial charge on any atom is -0.273 e. The van der Waals surface area contributed by atoms with Crippen LogP contribution in [0.2, 0.25) is 5.02 Å². The molecule has 0 fully saturated rings. The Labute approximate surface area is 150 Å². The zero-order valence-electron chi connectivity index (χ0n) is 15.2. The fraction of sp³-hybridized carbons (Fsp3) is 0.579. The van der Waals surface area contributed by atoms with Crippen molar-refractivity contribution in [3.8, 4) is 0 Å². The Morgan fingerprint density at radius 3 is 2.17 bits per heavy atom. The highest BCUT2D eigenvalue weighted by Gasteiger charge is 2.28. The lowest BCUT2D eigenvalue weighted by Crippen LogP contribution is -2.55.